The summed E-state index contributed by atoms with van der Waals surface area (Å²) in [6, 6.07) is 7.69. The van der Waals surface area contributed by atoms with E-state index in [1.807, 2.05) is 19.9 Å². The number of carbonyl (C=O) groups excluding carboxylic acids is 1. The number of amides is 1. The largest absolute Gasteiger partial charge is 0.416 e. The maximum absolute atomic E-state index is 13.9. The number of halogens is 5. The number of alkyl halides is 3. The Kier molecular flexibility index (Phi) is 6.99. The van der Waals surface area contributed by atoms with Crippen molar-refractivity contribution >= 4 is 23.2 Å². The standard InChI is InChI=1S/C23H22ClF4N3O/c1-3-13(2)31-21(9-15-8-16(25)5-7-18(15)23(26,27)28)20(11-22(31)32)30-17-6-4-14(12-29)19(24)10-17/h4-8,10,13,20-21,30H,3,9,11H2,1-2H3/t13?,20-,21?/m0/s1. The van der Waals surface area contributed by atoms with Crippen LogP contribution in [-0.4, -0.2) is 28.9 Å². The minimum atomic E-state index is -4.64. The number of hydrogen-bond donors (Lipinski definition) is 1. The molecule has 1 N–H and O–H groups in total. The maximum Gasteiger partial charge on any atom is 0.416 e. The number of benzene rings is 2. The number of nitrogens with zero attached hydrogens (tertiary/aromatic N) is 2. The SMILES string of the molecule is CCC(C)N1C(=O)C[C@H](Nc2ccc(C#N)c(Cl)c2)C1Cc1cc(F)ccc1C(F)(F)F. The Balaban J connectivity index is 1.98. The fraction of sp³-hybridized carbons (Fsp3) is 0.391. The van der Waals surface area contributed by atoms with Gasteiger partial charge in [0.05, 0.1) is 28.2 Å². The van der Waals surface area contributed by atoms with Crippen molar-refractivity contribution in [2.24, 2.45) is 0 Å². The summed E-state index contributed by atoms with van der Waals surface area (Å²) in [7, 11) is 0. The summed E-state index contributed by atoms with van der Waals surface area (Å²) in [5.41, 5.74) is -0.289. The smallest absolute Gasteiger partial charge is 0.380 e. The topological polar surface area (TPSA) is 56.1 Å². The van der Waals surface area contributed by atoms with Crippen molar-refractivity contribution in [3.05, 3.63) is 63.9 Å². The van der Waals surface area contributed by atoms with Crippen LogP contribution in [0.5, 0.6) is 0 Å². The first-order chi connectivity index (χ1) is 15.0. The minimum Gasteiger partial charge on any atom is -0.380 e. The van der Waals surface area contributed by atoms with Gasteiger partial charge >= 0.3 is 6.18 Å². The Hall–Kier alpha value is -2.79. The number of carbonyl (C=O) groups is 1. The number of hydrogen-bond acceptors (Lipinski definition) is 3. The molecule has 1 amide bonds. The first kappa shape index (κ1) is 23.9. The number of nitrogens with one attached hydrogen (secondary N) is 1. The second kappa shape index (κ2) is 9.37. The van der Waals surface area contributed by atoms with E-state index in [2.05, 4.69) is 5.32 Å². The number of anilines is 1. The van der Waals surface area contributed by atoms with Crippen molar-refractivity contribution in [1.82, 2.24) is 4.90 Å². The van der Waals surface area contributed by atoms with Crippen LogP contribution in [0.3, 0.4) is 0 Å². The Labute approximate surface area is 188 Å². The van der Waals surface area contributed by atoms with E-state index in [0.29, 0.717) is 12.1 Å². The number of likely N-dealkylation sites (tertiary alicyclic amines) is 1. The van der Waals surface area contributed by atoms with Gasteiger partial charge in [-0.25, -0.2) is 4.39 Å². The molecule has 1 aliphatic heterocycles. The van der Waals surface area contributed by atoms with Crippen LogP contribution in [0.4, 0.5) is 23.2 Å². The molecule has 0 saturated carbocycles. The van der Waals surface area contributed by atoms with E-state index in [9.17, 15) is 22.4 Å². The molecule has 0 aromatic heterocycles. The highest BCUT2D eigenvalue weighted by atomic mass is 35.5. The highest BCUT2D eigenvalue weighted by Gasteiger charge is 2.43. The molecule has 2 unspecified atom stereocenters. The molecule has 1 aliphatic rings. The molecule has 2 aromatic rings. The third-order valence-corrected chi connectivity index (χ3v) is 6.13. The zero-order chi connectivity index (χ0) is 23.6. The number of rotatable bonds is 6. The number of nitriles is 1. The van der Waals surface area contributed by atoms with Crippen LogP contribution in [0.25, 0.3) is 0 Å². The summed E-state index contributed by atoms with van der Waals surface area (Å²) in [6.07, 6.45) is -4.11. The highest BCUT2D eigenvalue weighted by molar-refractivity contribution is 6.32. The minimum absolute atomic E-state index is 0.0727. The molecule has 9 heteroatoms. The van der Waals surface area contributed by atoms with Gasteiger partial charge in [-0.1, -0.05) is 18.5 Å². The third kappa shape index (κ3) is 4.99. The van der Waals surface area contributed by atoms with Crippen molar-refractivity contribution in [2.75, 3.05) is 5.32 Å². The molecule has 1 heterocycles. The van der Waals surface area contributed by atoms with Crippen LogP contribution < -0.4 is 5.32 Å². The second-order valence-electron chi connectivity index (χ2n) is 7.89. The van der Waals surface area contributed by atoms with Crippen molar-refractivity contribution in [2.45, 2.75) is 57.4 Å². The molecular formula is C23H22ClF4N3O. The molecule has 0 bridgehead atoms. The summed E-state index contributed by atoms with van der Waals surface area (Å²) in [5, 5.41) is 12.5. The average Bonchev–Trinajstić information content (AvgIpc) is 3.01. The molecule has 4 nitrogen and oxygen atoms in total. The van der Waals surface area contributed by atoms with E-state index in [4.69, 9.17) is 16.9 Å². The quantitative estimate of drug-likeness (QED) is 0.547. The molecular weight excluding hydrogens is 446 g/mol. The Morgan fingerprint density at radius 1 is 1.28 bits per heavy atom. The predicted molar refractivity (Wildman–Crippen MR) is 114 cm³/mol. The third-order valence-electron chi connectivity index (χ3n) is 5.81. The molecule has 0 aliphatic carbocycles. The Morgan fingerprint density at radius 3 is 2.59 bits per heavy atom. The van der Waals surface area contributed by atoms with Gasteiger partial charge in [0.2, 0.25) is 5.91 Å². The summed E-state index contributed by atoms with van der Waals surface area (Å²) >= 11 is 6.09. The van der Waals surface area contributed by atoms with Crippen LogP contribution >= 0.6 is 11.6 Å². The van der Waals surface area contributed by atoms with Gasteiger partial charge in [-0.05, 0) is 61.7 Å². The molecule has 2 aromatic carbocycles. The monoisotopic (exact) mass is 467 g/mol. The van der Waals surface area contributed by atoms with Gasteiger partial charge < -0.3 is 10.2 Å². The second-order valence-corrected chi connectivity index (χ2v) is 8.30. The molecule has 32 heavy (non-hydrogen) atoms. The fourth-order valence-corrected chi connectivity index (χ4v) is 4.33. The van der Waals surface area contributed by atoms with E-state index in [-0.39, 0.29) is 40.9 Å². The summed E-state index contributed by atoms with van der Waals surface area (Å²) in [6.45, 7) is 3.72. The van der Waals surface area contributed by atoms with Gasteiger partial charge in [-0.2, -0.15) is 18.4 Å². The summed E-state index contributed by atoms with van der Waals surface area (Å²) in [4.78, 5) is 14.4. The lowest BCUT2D eigenvalue weighted by Crippen LogP contribution is -2.46. The van der Waals surface area contributed by atoms with Crippen LogP contribution in [0.2, 0.25) is 5.02 Å². The van der Waals surface area contributed by atoms with E-state index in [1.54, 1.807) is 11.0 Å². The average molecular weight is 468 g/mol. The van der Waals surface area contributed by atoms with E-state index < -0.39 is 29.6 Å². The summed E-state index contributed by atoms with van der Waals surface area (Å²) in [5.74, 6) is -0.956. The molecule has 1 fully saturated rings. The van der Waals surface area contributed by atoms with Crippen LogP contribution in [0.15, 0.2) is 36.4 Å². The van der Waals surface area contributed by atoms with Crippen molar-refractivity contribution in [3.8, 4) is 6.07 Å². The molecule has 0 radical (unpaired) electrons. The first-order valence-electron chi connectivity index (χ1n) is 10.2. The van der Waals surface area contributed by atoms with E-state index >= 15 is 0 Å². The maximum atomic E-state index is 13.9. The van der Waals surface area contributed by atoms with Crippen LogP contribution in [0, 0.1) is 17.1 Å². The van der Waals surface area contributed by atoms with Gasteiger partial charge in [0, 0.05) is 18.2 Å². The Morgan fingerprint density at radius 2 is 2.00 bits per heavy atom. The molecule has 3 rings (SSSR count). The van der Waals surface area contributed by atoms with Gasteiger partial charge in [-0.15, -0.1) is 0 Å². The van der Waals surface area contributed by atoms with Crippen molar-refractivity contribution in [1.29, 1.82) is 5.26 Å². The van der Waals surface area contributed by atoms with E-state index in [0.717, 1.165) is 18.2 Å². The van der Waals surface area contributed by atoms with E-state index in [1.165, 1.54) is 12.1 Å². The van der Waals surface area contributed by atoms with Crippen LogP contribution in [-0.2, 0) is 17.4 Å². The van der Waals surface area contributed by atoms with Crippen LogP contribution in [0.1, 0.15) is 43.4 Å². The van der Waals surface area contributed by atoms with Gasteiger partial charge in [-0.3, -0.25) is 4.79 Å². The lowest BCUT2D eigenvalue weighted by atomic mass is 9.95. The van der Waals surface area contributed by atoms with Gasteiger partial charge in [0.1, 0.15) is 11.9 Å². The highest BCUT2D eigenvalue weighted by Crippen LogP contribution is 2.36. The van der Waals surface area contributed by atoms with Gasteiger partial charge in [0.15, 0.2) is 0 Å². The fourth-order valence-electron chi connectivity index (χ4n) is 4.11. The molecule has 3 atom stereocenters. The normalized spacial score (nSPS) is 19.7. The Bertz CT molecular complexity index is 1050. The van der Waals surface area contributed by atoms with Gasteiger partial charge in [0.25, 0.3) is 0 Å². The zero-order valence-electron chi connectivity index (χ0n) is 17.5. The molecule has 170 valence electrons. The lowest BCUT2D eigenvalue weighted by molar-refractivity contribution is -0.138. The molecule has 1 saturated heterocycles. The zero-order valence-corrected chi connectivity index (χ0v) is 18.3. The van der Waals surface area contributed by atoms with Crippen molar-refractivity contribution < 1.29 is 22.4 Å². The first-order valence-corrected chi connectivity index (χ1v) is 10.6. The lowest BCUT2D eigenvalue weighted by Gasteiger charge is -2.34. The summed E-state index contributed by atoms with van der Waals surface area (Å²) < 4.78 is 54.5. The van der Waals surface area contributed by atoms with Crippen molar-refractivity contribution in [3.63, 3.8) is 0 Å². The predicted octanol–water partition coefficient (Wildman–Crippen LogP) is 5.79. The molecule has 0 spiro atoms.